The Hall–Kier alpha value is -0.530. The minimum absolute atomic E-state index is 0. The number of hydrogen-bond donors (Lipinski definition) is 1. The summed E-state index contributed by atoms with van der Waals surface area (Å²) in [4.78, 5) is 0. The number of hydrogen-bond acceptors (Lipinski definition) is 1. The van der Waals surface area contributed by atoms with Crippen molar-refractivity contribution in [3.8, 4) is 0 Å². The van der Waals surface area contributed by atoms with Crippen molar-refractivity contribution >= 4 is 12.4 Å². The SMILES string of the molecule is Cl.NCC1(Cc2ccccc2)CCCCC1. The normalized spacial score (nSPS) is 18.8. The van der Waals surface area contributed by atoms with Gasteiger partial charge in [-0.05, 0) is 36.8 Å². The van der Waals surface area contributed by atoms with Crippen molar-refractivity contribution in [3.05, 3.63) is 35.9 Å². The van der Waals surface area contributed by atoms with E-state index in [4.69, 9.17) is 5.73 Å². The van der Waals surface area contributed by atoms with Gasteiger partial charge in [-0.1, -0.05) is 49.6 Å². The molecule has 0 radical (unpaired) electrons. The Bertz CT molecular complexity index is 291. The van der Waals surface area contributed by atoms with E-state index in [1.165, 1.54) is 44.1 Å². The van der Waals surface area contributed by atoms with Crippen molar-refractivity contribution in [2.75, 3.05) is 6.54 Å². The minimum Gasteiger partial charge on any atom is -0.330 e. The van der Waals surface area contributed by atoms with Crippen LogP contribution in [0.4, 0.5) is 0 Å². The minimum atomic E-state index is 0. The highest BCUT2D eigenvalue weighted by atomic mass is 35.5. The van der Waals surface area contributed by atoms with Gasteiger partial charge in [-0.15, -0.1) is 12.4 Å². The average molecular weight is 240 g/mol. The van der Waals surface area contributed by atoms with Gasteiger partial charge in [0.25, 0.3) is 0 Å². The van der Waals surface area contributed by atoms with Crippen molar-refractivity contribution < 1.29 is 0 Å². The van der Waals surface area contributed by atoms with E-state index in [1.54, 1.807) is 0 Å². The zero-order valence-corrected chi connectivity index (χ0v) is 10.6. The fourth-order valence-corrected chi connectivity index (χ4v) is 2.78. The molecule has 1 nitrogen and oxygen atoms in total. The monoisotopic (exact) mass is 239 g/mol. The lowest BCUT2D eigenvalue weighted by Crippen LogP contribution is -2.34. The molecule has 1 aliphatic rings. The van der Waals surface area contributed by atoms with E-state index < -0.39 is 0 Å². The molecule has 2 heteroatoms. The van der Waals surface area contributed by atoms with Gasteiger partial charge in [0.2, 0.25) is 0 Å². The van der Waals surface area contributed by atoms with Crippen LogP contribution in [0.15, 0.2) is 30.3 Å². The van der Waals surface area contributed by atoms with Crippen LogP contribution in [0.2, 0.25) is 0 Å². The zero-order valence-electron chi connectivity index (χ0n) is 9.82. The summed E-state index contributed by atoms with van der Waals surface area (Å²) in [6.07, 6.45) is 7.94. The number of nitrogens with two attached hydrogens (primary N) is 1. The Balaban J connectivity index is 0.00000128. The molecule has 2 N–H and O–H groups in total. The summed E-state index contributed by atoms with van der Waals surface area (Å²) in [5, 5.41) is 0. The van der Waals surface area contributed by atoms with Crippen LogP contribution < -0.4 is 5.73 Å². The average Bonchev–Trinajstić information content (AvgIpc) is 2.32. The second kappa shape index (κ2) is 6.27. The molecule has 0 atom stereocenters. The number of benzene rings is 1. The molecule has 1 aliphatic carbocycles. The van der Waals surface area contributed by atoms with E-state index in [2.05, 4.69) is 30.3 Å². The first-order valence-electron chi connectivity index (χ1n) is 6.09. The first-order valence-corrected chi connectivity index (χ1v) is 6.09. The fraction of sp³-hybridized carbons (Fsp3) is 0.571. The molecule has 1 saturated carbocycles. The maximum atomic E-state index is 5.99. The van der Waals surface area contributed by atoms with Gasteiger partial charge >= 0.3 is 0 Å². The third-order valence-corrected chi connectivity index (χ3v) is 3.77. The molecule has 0 spiro atoms. The summed E-state index contributed by atoms with van der Waals surface area (Å²) >= 11 is 0. The quantitative estimate of drug-likeness (QED) is 0.858. The second-order valence-corrected chi connectivity index (χ2v) is 4.93. The molecule has 1 fully saturated rings. The van der Waals surface area contributed by atoms with Crippen LogP contribution in [0, 0.1) is 5.41 Å². The summed E-state index contributed by atoms with van der Waals surface area (Å²) in [6.45, 7) is 0.849. The first-order chi connectivity index (χ1) is 7.35. The maximum Gasteiger partial charge on any atom is -0.00173 e. The van der Waals surface area contributed by atoms with Crippen molar-refractivity contribution in [2.24, 2.45) is 11.1 Å². The largest absolute Gasteiger partial charge is 0.330 e. The van der Waals surface area contributed by atoms with Crippen LogP contribution in [0.25, 0.3) is 0 Å². The first kappa shape index (κ1) is 13.5. The van der Waals surface area contributed by atoms with Crippen LogP contribution >= 0.6 is 12.4 Å². The summed E-state index contributed by atoms with van der Waals surface area (Å²) in [6, 6.07) is 10.8. The molecule has 1 aromatic carbocycles. The number of rotatable bonds is 3. The molecular formula is C14H22ClN. The van der Waals surface area contributed by atoms with Crippen LogP contribution in [-0.2, 0) is 6.42 Å². The van der Waals surface area contributed by atoms with Crippen LogP contribution in [0.3, 0.4) is 0 Å². The predicted octanol–water partition coefficient (Wildman–Crippen LogP) is 3.56. The Morgan fingerprint density at radius 1 is 1.00 bits per heavy atom. The number of halogens is 1. The van der Waals surface area contributed by atoms with Crippen molar-refractivity contribution in [2.45, 2.75) is 38.5 Å². The summed E-state index contributed by atoms with van der Waals surface area (Å²) in [5.74, 6) is 0. The third kappa shape index (κ3) is 3.23. The van der Waals surface area contributed by atoms with Crippen molar-refractivity contribution in [1.29, 1.82) is 0 Å². The molecule has 0 heterocycles. The molecule has 0 saturated heterocycles. The van der Waals surface area contributed by atoms with Crippen LogP contribution in [0.5, 0.6) is 0 Å². The summed E-state index contributed by atoms with van der Waals surface area (Å²) in [7, 11) is 0. The fourth-order valence-electron chi connectivity index (χ4n) is 2.78. The van der Waals surface area contributed by atoms with E-state index >= 15 is 0 Å². The molecule has 0 aliphatic heterocycles. The highest BCUT2D eigenvalue weighted by molar-refractivity contribution is 5.85. The van der Waals surface area contributed by atoms with E-state index in [0.717, 1.165) is 6.54 Å². The Morgan fingerprint density at radius 2 is 1.62 bits per heavy atom. The Labute approximate surface area is 105 Å². The standard InChI is InChI=1S/C14H21N.ClH/c15-12-14(9-5-2-6-10-14)11-13-7-3-1-4-8-13;/h1,3-4,7-8H,2,5-6,9-12,15H2;1H. The molecule has 16 heavy (non-hydrogen) atoms. The molecule has 0 aromatic heterocycles. The lowest BCUT2D eigenvalue weighted by Gasteiger charge is -2.36. The third-order valence-electron chi connectivity index (χ3n) is 3.77. The van der Waals surface area contributed by atoms with Gasteiger partial charge in [-0.3, -0.25) is 0 Å². The molecule has 0 unspecified atom stereocenters. The molecule has 90 valence electrons. The van der Waals surface area contributed by atoms with Crippen molar-refractivity contribution in [1.82, 2.24) is 0 Å². The highest BCUT2D eigenvalue weighted by Crippen LogP contribution is 2.38. The van der Waals surface area contributed by atoms with Crippen molar-refractivity contribution in [3.63, 3.8) is 0 Å². The van der Waals surface area contributed by atoms with Gasteiger partial charge in [-0.25, -0.2) is 0 Å². The second-order valence-electron chi connectivity index (χ2n) is 4.93. The van der Waals surface area contributed by atoms with Gasteiger partial charge < -0.3 is 5.73 Å². The molecule has 0 amide bonds. The van der Waals surface area contributed by atoms with E-state index in [9.17, 15) is 0 Å². The maximum absolute atomic E-state index is 5.99. The van der Waals surface area contributed by atoms with Gasteiger partial charge in [0.1, 0.15) is 0 Å². The van der Waals surface area contributed by atoms with Gasteiger partial charge in [0, 0.05) is 0 Å². The predicted molar refractivity (Wildman–Crippen MR) is 72.0 cm³/mol. The Kier molecular flexibility index (Phi) is 5.30. The summed E-state index contributed by atoms with van der Waals surface area (Å²) in [5.41, 5.74) is 7.84. The van der Waals surface area contributed by atoms with Crippen LogP contribution in [0.1, 0.15) is 37.7 Å². The molecular weight excluding hydrogens is 218 g/mol. The highest BCUT2D eigenvalue weighted by Gasteiger charge is 2.30. The topological polar surface area (TPSA) is 26.0 Å². The summed E-state index contributed by atoms with van der Waals surface area (Å²) < 4.78 is 0. The van der Waals surface area contributed by atoms with Crippen LogP contribution in [-0.4, -0.2) is 6.54 Å². The smallest absolute Gasteiger partial charge is 0.00173 e. The van der Waals surface area contributed by atoms with Gasteiger partial charge in [0.15, 0.2) is 0 Å². The van der Waals surface area contributed by atoms with Gasteiger partial charge in [-0.2, -0.15) is 0 Å². The zero-order chi connectivity index (χ0) is 10.6. The van der Waals surface area contributed by atoms with E-state index in [0.29, 0.717) is 5.41 Å². The Morgan fingerprint density at radius 3 is 2.19 bits per heavy atom. The lowest BCUT2D eigenvalue weighted by molar-refractivity contribution is 0.197. The van der Waals surface area contributed by atoms with E-state index in [1.807, 2.05) is 0 Å². The molecule has 2 rings (SSSR count). The van der Waals surface area contributed by atoms with Gasteiger partial charge in [0.05, 0.1) is 0 Å². The lowest BCUT2D eigenvalue weighted by atomic mass is 9.70. The van der Waals surface area contributed by atoms with E-state index in [-0.39, 0.29) is 12.4 Å². The molecule has 1 aromatic rings. The molecule has 0 bridgehead atoms.